The van der Waals surface area contributed by atoms with Crippen LogP contribution in [0.4, 0.5) is 0 Å². The molecule has 2 aliphatic rings. The first-order valence-corrected chi connectivity index (χ1v) is 6.30. The molecule has 3 nitrogen and oxygen atoms in total. The number of hydrogen-bond donors (Lipinski definition) is 1. The lowest BCUT2D eigenvalue weighted by atomic mass is 9.93. The summed E-state index contributed by atoms with van der Waals surface area (Å²) in [6.07, 6.45) is 3.99. The fourth-order valence-corrected chi connectivity index (χ4v) is 3.25. The minimum atomic E-state index is 0.348. The Morgan fingerprint density at radius 3 is 2.40 bits per heavy atom. The zero-order chi connectivity index (χ0) is 10.9. The molecule has 1 aliphatic heterocycles. The molecule has 2 fully saturated rings. The van der Waals surface area contributed by atoms with E-state index in [9.17, 15) is 0 Å². The Bertz CT molecular complexity index is 211. The van der Waals surface area contributed by atoms with Crippen molar-refractivity contribution < 1.29 is 0 Å². The third kappa shape index (κ3) is 2.19. The van der Waals surface area contributed by atoms with Crippen molar-refractivity contribution in [2.45, 2.75) is 31.7 Å². The van der Waals surface area contributed by atoms with E-state index >= 15 is 0 Å². The molecule has 3 heteroatoms. The monoisotopic (exact) mass is 211 g/mol. The van der Waals surface area contributed by atoms with Crippen molar-refractivity contribution in [3.8, 4) is 0 Å². The number of likely N-dealkylation sites (N-methyl/N-ethyl adjacent to an activating group) is 1. The van der Waals surface area contributed by atoms with Crippen LogP contribution in [0.3, 0.4) is 0 Å². The van der Waals surface area contributed by atoms with Gasteiger partial charge in [0.2, 0.25) is 0 Å². The third-order valence-corrected chi connectivity index (χ3v) is 4.38. The zero-order valence-corrected chi connectivity index (χ0v) is 10.2. The number of piperazine rings is 1. The van der Waals surface area contributed by atoms with Crippen molar-refractivity contribution in [3.63, 3.8) is 0 Å². The number of rotatable bonds is 2. The minimum absolute atomic E-state index is 0.348. The van der Waals surface area contributed by atoms with E-state index in [4.69, 9.17) is 5.73 Å². The van der Waals surface area contributed by atoms with Crippen molar-refractivity contribution in [3.05, 3.63) is 0 Å². The number of nitrogens with zero attached hydrogens (tertiary/aromatic N) is 2. The van der Waals surface area contributed by atoms with Gasteiger partial charge >= 0.3 is 0 Å². The van der Waals surface area contributed by atoms with Crippen LogP contribution < -0.4 is 5.73 Å². The van der Waals surface area contributed by atoms with Gasteiger partial charge in [0.25, 0.3) is 0 Å². The maximum atomic E-state index is 6.04. The highest BCUT2D eigenvalue weighted by molar-refractivity contribution is 4.99. The van der Waals surface area contributed by atoms with E-state index in [1.165, 1.54) is 45.4 Å². The lowest BCUT2D eigenvalue weighted by Crippen LogP contribution is -2.58. The molecule has 1 aliphatic carbocycles. The third-order valence-electron chi connectivity index (χ3n) is 4.38. The summed E-state index contributed by atoms with van der Waals surface area (Å²) in [7, 11) is 2.21. The van der Waals surface area contributed by atoms with Crippen LogP contribution in [0.25, 0.3) is 0 Å². The fraction of sp³-hybridized carbons (Fsp3) is 1.00. The molecule has 2 unspecified atom stereocenters. The predicted octanol–water partition coefficient (Wildman–Crippen LogP) is 0.751. The summed E-state index contributed by atoms with van der Waals surface area (Å²) in [4.78, 5) is 5.08. The molecule has 0 aromatic rings. The van der Waals surface area contributed by atoms with Crippen LogP contribution in [0.5, 0.6) is 0 Å². The van der Waals surface area contributed by atoms with Gasteiger partial charge in [0.15, 0.2) is 0 Å². The molecule has 1 heterocycles. The summed E-state index contributed by atoms with van der Waals surface area (Å²) in [6.45, 7) is 8.04. The first-order chi connectivity index (χ1) is 7.16. The second-order valence-electron chi connectivity index (χ2n) is 5.57. The zero-order valence-electron chi connectivity index (χ0n) is 10.2. The van der Waals surface area contributed by atoms with Crippen LogP contribution in [0, 0.1) is 5.92 Å². The summed E-state index contributed by atoms with van der Waals surface area (Å²) < 4.78 is 0. The van der Waals surface area contributed by atoms with E-state index in [0.717, 1.165) is 12.5 Å². The maximum absolute atomic E-state index is 6.04. The Morgan fingerprint density at radius 2 is 1.93 bits per heavy atom. The van der Waals surface area contributed by atoms with Gasteiger partial charge in [0, 0.05) is 38.3 Å². The molecule has 88 valence electrons. The van der Waals surface area contributed by atoms with Crippen LogP contribution in [0.15, 0.2) is 0 Å². The molecule has 0 bridgehead atoms. The number of nitrogens with two attached hydrogens (primary N) is 1. The molecule has 0 aromatic carbocycles. The molecule has 15 heavy (non-hydrogen) atoms. The van der Waals surface area contributed by atoms with Crippen molar-refractivity contribution in [2.75, 3.05) is 39.8 Å². The molecule has 0 amide bonds. The second-order valence-corrected chi connectivity index (χ2v) is 5.57. The lowest BCUT2D eigenvalue weighted by Gasteiger charge is -2.45. The topological polar surface area (TPSA) is 32.5 Å². The molecule has 1 saturated heterocycles. The van der Waals surface area contributed by atoms with Gasteiger partial charge in [-0.2, -0.15) is 0 Å². The molecule has 0 aromatic heterocycles. The summed E-state index contributed by atoms with van der Waals surface area (Å²) >= 11 is 0. The van der Waals surface area contributed by atoms with Gasteiger partial charge in [-0.05, 0) is 32.2 Å². The highest BCUT2D eigenvalue weighted by Crippen LogP contribution is 2.38. The molecule has 1 saturated carbocycles. The minimum Gasteiger partial charge on any atom is -0.329 e. The summed E-state index contributed by atoms with van der Waals surface area (Å²) in [5.41, 5.74) is 6.39. The van der Waals surface area contributed by atoms with Crippen molar-refractivity contribution in [2.24, 2.45) is 11.7 Å². The van der Waals surface area contributed by atoms with Gasteiger partial charge in [0.1, 0.15) is 0 Å². The molecule has 2 N–H and O–H groups in total. The highest BCUT2D eigenvalue weighted by Gasteiger charge is 2.41. The quantitative estimate of drug-likeness (QED) is 0.731. The van der Waals surface area contributed by atoms with Crippen LogP contribution in [0.2, 0.25) is 0 Å². The lowest BCUT2D eigenvalue weighted by molar-refractivity contribution is 0.0462. The largest absolute Gasteiger partial charge is 0.329 e. The summed E-state index contributed by atoms with van der Waals surface area (Å²) in [5, 5.41) is 0. The highest BCUT2D eigenvalue weighted by atomic mass is 15.3. The Labute approximate surface area is 93.6 Å². The maximum Gasteiger partial charge on any atom is 0.0335 e. The van der Waals surface area contributed by atoms with Crippen LogP contribution >= 0.6 is 0 Å². The van der Waals surface area contributed by atoms with Crippen molar-refractivity contribution in [1.82, 2.24) is 9.80 Å². The first kappa shape index (κ1) is 11.4. The first-order valence-electron chi connectivity index (χ1n) is 6.30. The van der Waals surface area contributed by atoms with Gasteiger partial charge in [-0.25, -0.2) is 0 Å². The fourth-order valence-electron chi connectivity index (χ4n) is 3.25. The van der Waals surface area contributed by atoms with Gasteiger partial charge < -0.3 is 10.6 Å². The Kier molecular flexibility index (Phi) is 3.33. The van der Waals surface area contributed by atoms with Crippen LogP contribution in [0.1, 0.15) is 26.2 Å². The van der Waals surface area contributed by atoms with E-state index < -0.39 is 0 Å². The van der Waals surface area contributed by atoms with E-state index in [1.54, 1.807) is 0 Å². The Balaban J connectivity index is 2.00. The van der Waals surface area contributed by atoms with Gasteiger partial charge in [-0.15, -0.1) is 0 Å². The predicted molar refractivity (Wildman–Crippen MR) is 63.9 cm³/mol. The standard InChI is InChI=1S/C12H25N3/c1-11-3-4-12(9-11,10-13)15-7-5-14(2)6-8-15/h11H,3-10,13H2,1-2H3. The molecule has 2 atom stereocenters. The van der Waals surface area contributed by atoms with Gasteiger partial charge in [0.05, 0.1) is 0 Å². The van der Waals surface area contributed by atoms with Crippen molar-refractivity contribution >= 4 is 0 Å². The number of hydrogen-bond acceptors (Lipinski definition) is 3. The van der Waals surface area contributed by atoms with Gasteiger partial charge in [-0.3, -0.25) is 4.90 Å². The Hall–Kier alpha value is -0.120. The van der Waals surface area contributed by atoms with Crippen LogP contribution in [-0.4, -0.2) is 55.1 Å². The van der Waals surface area contributed by atoms with Crippen LogP contribution in [-0.2, 0) is 0 Å². The van der Waals surface area contributed by atoms with Crippen molar-refractivity contribution in [1.29, 1.82) is 0 Å². The van der Waals surface area contributed by atoms with E-state index in [2.05, 4.69) is 23.8 Å². The normalized spacial score (nSPS) is 39.8. The molecule has 0 radical (unpaired) electrons. The van der Waals surface area contributed by atoms with E-state index in [1.807, 2.05) is 0 Å². The van der Waals surface area contributed by atoms with E-state index in [0.29, 0.717) is 5.54 Å². The smallest absolute Gasteiger partial charge is 0.0335 e. The van der Waals surface area contributed by atoms with Gasteiger partial charge in [-0.1, -0.05) is 6.92 Å². The molecule has 0 spiro atoms. The summed E-state index contributed by atoms with van der Waals surface area (Å²) in [6, 6.07) is 0. The average molecular weight is 211 g/mol. The summed E-state index contributed by atoms with van der Waals surface area (Å²) in [5.74, 6) is 0.869. The second kappa shape index (κ2) is 4.40. The SMILES string of the molecule is CC1CCC(CN)(N2CCN(C)CC2)C1. The molecule has 2 rings (SSSR count). The molecular weight excluding hydrogens is 186 g/mol. The molecular formula is C12H25N3. The Morgan fingerprint density at radius 1 is 1.27 bits per heavy atom. The van der Waals surface area contributed by atoms with E-state index in [-0.39, 0.29) is 0 Å². The average Bonchev–Trinajstić information content (AvgIpc) is 2.62.